The zero-order chi connectivity index (χ0) is 35.3. The van der Waals surface area contributed by atoms with E-state index in [-0.39, 0.29) is 40.9 Å². The highest BCUT2D eigenvalue weighted by molar-refractivity contribution is 7.89. The summed E-state index contributed by atoms with van der Waals surface area (Å²) in [7, 11) is -3.80. The molecule has 1 amide bonds. The van der Waals surface area contributed by atoms with E-state index in [0.717, 1.165) is 0 Å². The van der Waals surface area contributed by atoms with Crippen LogP contribution in [-0.4, -0.2) is 55.7 Å². The number of nitrogens with one attached hydrogen (secondary N) is 2. The number of rotatable bonds is 12. The number of benzene rings is 4. The lowest BCUT2D eigenvalue weighted by Gasteiger charge is -2.38. The minimum Gasteiger partial charge on any atom is -0.459 e. The van der Waals surface area contributed by atoms with Crippen LogP contribution in [0.1, 0.15) is 49.8 Å². The number of ether oxygens (including phenoxy) is 1. The molecule has 8 nitrogen and oxygen atoms in total. The average molecular weight is 711 g/mol. The van der Waals surface area contributed by atoms with Crippen LogP contribution < -0.4 is 21.1 Å². The van der Waals surface area contributed by atoms with Crippen molar-refractivity contribution in [1.29, 1.82) is 0 Å². The van der Waals surface area contributed by atoms with Gasteiger partial charge < -0.3 is 21.1 Å². The molecule has 4 aromatic carbocycles. The summed E-state index contributed by atoms with van der Waals surface area (Å²) in [6.45, 7) is 5.15. The van der Waals surface area contributed by atoms with E-state index in [0.29, 0.717) is 29.1 Å². The van der Waals surface area contributed by atoms with Crippen LogP contribution >= 0.6 is 11.6 Å². The number of hydrogen-bond acceptors (Lipinski definition) is 6. The van der Waals surface area contributed by atoms with E-state index < -0.39 is 45.6 Å². The summed E-state index contributed by atoms with van der Waals surface area (Å²) in [6, 6.07) is 24.6. The molecule has 0 aliphatic carbocycles. The van der Waals surface area contributed by atoms with Crippen LogP contribution in [-0.2, 0) is 21.2 Å². The number of amides is 1. The van der Waals surface area contributed by atoms with Crippen molar-refractivity contribution in [3.8, 4) is 5.75 Å². The van der Waals surface area contributed by atoms with Crippen molar-refractivity contribution < 1.29 is 26.7 Å². The van der Waals surface area contributed by atoms with Gasteiger partial charge >= 0.3 is 0 Å². The number of nitrogens with zero attached hydrogens (tertiary/aromatic N) is 1. The van der Waals surface area contributed by atoms with Crippen LogP contribution in [0.25, 0.3) is 0 Å². The fourth-order valence-corrected chi connectivity index (χ4v) is 8.02. The van der Waals surface area contributed by atoms with Crippen molar-refractivity contribution in [2.24, 2.45) is 5.73 Å². The number of piperazine rings is 1. The van der Waals surface area contributed by atoms with E-state index in [1.54, 1.807) is 84.9 Å². The second-order valence-electron chi connectivity index (χ2n) is 12.7. The Hall–Kier alpha value is -3.87. The van der Waals surface area contributed by atoms with Crippen LogP contribution in [0.5, 0.6) is 5.75 Å². The Bertz CT molecular complexity index is 1860. The highest BCUT2D eigenvalue weighted by Gasteiger charge is 2.36. The molecule has 1 saturated heterocycles. The van der Waals surface area contributed by atoms with Gasteiger partial charge in [0.05, 0.1) is 10.9 Å². The minimum absolute atomic E-state index is 0.0659. The van der Waals surface area contributed by atoms with Gasteiger partial charge in [-0.3, -0.25) is 4.79 Å². The van der Waals surface area contributed by atoms with Gasteiger partial charge in [-0.15, -0.1) is 0 Å². The first-order valence-electron chi connectivity index (χ1n) is 16.1. The van der Waals surface area contributed by atoms with Gasteiger partial charge in [-0.2, -0.15) is 8.70 Å². The molecule has 1 heterocycles. The van der Waals surface area contributed by atoms with E-state index in [9.17, 15) is 17.6 Å². The van der Waals surface area contributed by atoms with Gasteiger partial charge in [-0.1, -0.05) is 60.1 Å². The van der Waals surface area contributed by atoms with Gasteiger partial charge in [0.2, 0.25) is 21.8 Å². The molecule has 49 heavy (non-hydrogen) atoms. The normalized spacial score (nSPS) is 18.4. The maximum atomic E-state index is 15.4. The molecule has 260 valence electrons. The molecule has 4 aromatic rings. The van der Waals surface area contributed by atoms with Gasteiger partial charge in [0.15, 0.2) is 0 Å². The summed E-state index contributed by atoms with van der Waals surface area (Å²) in [4.78, 5) is 14.1. The summed E-state index contributed by atoms with van der Waals surface area (Å²) >= 11 is 6.15. The highest BCUT2D eigenvalue weighted by atomic mass is 35.5. The summed E-state index contributed by atoms with van der Waals surface area (Å²) in [5, 5.41) is 6.67. The molecule has 1 aliphatic rings. The molecule has 0 spiro atoms. The molecule has 4 N–H and O–H groups in total. The summed E-state index contributed by atoms with van der Waals surface area (Å²) < 4.78 is 64.0. The largest absolute Gasteiger partial charge is 0.459 e. The van der Waals surface area contributed by atoms with Crippen LogP contribution in [0, 0.1) is 5.82 Å². The van der Waals surface area contributed by atoms with E-state index in [2.05, 4.69) is 10.6 Å². The van der Waals surface area contributed by atoms with Gasteiger partial charge in [0.25, 0.3) is 0 Å². The monoisotopic (exact) mass is 710 g/mol. The fraction of sp³-hybridized carbons (Fsp3) is 0.324. The molecule has 1 fully saturated rings. The molecule has 0 unspecified atom stereocenters. The average Bonchev–Trinajstić information content (AvgIpc) is 3.05. The number of nitrogens with two attached hydrogens (primary N) is 1. The maximum Gasteiger partial charge on any atom is 0.243 e. The minimum atomic E-state index is -3.80. The number of carbonyl (C=O) groups excluding carboxylic acids is 1. The molecule has 0 aromatic heterocycles. The zero-order valence-corrected chi connectivity index (χ0v) is 29.1. The van der Waals surface area contributed by atoms with Gasteiger partial charge in [0.1, 0.15) is 11.6 Å². The van der Waals surface area contributed by atoms with Gasteiger partial charge in [0, 0.05) is 61.2 Å². The lowest BCUT2D eigenvalue weighted by molar-refractivity contribution is -0.117. The number of carbonyl (C=O) groups is 1. The van der Waals surface area contributed by atoms with Crippen molar-refractivity contribution in [3.63, 3.8) is 0 Å². The molecule has 0 radical (unpaired) electrons. The quantitative estimate of drug-likeness (QED) is 0.152. The van der Waals surface area contributed by atoms with Crippen molar-refractivity contribution in [3.05, 3.63) is 125 Å². The Balaban J connectivity index is 1.39. The first-order valence-corrected chi connectivity index (χ1v) is 17.9. The molecular weight excluding hydrogens is 670 g/mol. The van der Waals surface area contributed by atoms with E-state index in [4.69, 9.17) is 22.1 Å². The molecule has 12 heteroatoms. The summed E-state index contributed by atoms with van der Waals surface area (Å²) in [5.41, 5.74) is 8.43. The Kier molecular flexibility index (Phi) is 11.4. The predicted molar refractivity (Wildman–Crippen MR) is 188 cm³/mol. The topological polar surface area (TPSA) is 114 Å². The molecule has 0 saturated carbocycles. The predicted octanol–water partition coefficient (Wildman–Crippen LogP) is 6.65. The van der Waals surface area contributed by atoms with E-state index in [1.807, 2.05) is 6.92 Å². The first-order chi connectivity index (χ1) is 23.2. The van der Waals surface area contributed by atoms with Crippen LogP contribution in [0.2, 0.25) is 5.02 Å². The van der Waals surface area contributed by atoms with Gasteiger partial charge in [-0.05, 0) is 79.4 Å². The second kappa shape index (κ2) is 15.3. The van der Waals surface area contributed by atoms with Crippen molar-refractivity contribution in [1.82, 2.24) is 9.62 Å². The van der Waals surface area contributed by atoms with E-state index in [1.165, 1.54) is 30.3 Å². The fourth-order valence-electron chi connectivity index (χ4n) is 6.13. The van der Waals surface area contributed by atoms with E-state index >= 15 is 4.39 Å². The standard InChI is InChI=1S/C37H41ClF2N4O4S/c1-24-23-44(49(46,47)30-11-5-4-6-12-30)28(22-42-24)19-20-31-32(39)13-8-14-33(31)43-36(45)35(41)34(25-15-17-27(38)18-16-25)26-9-7-10-29(21-26)48-37(2,3)40/h4-18,21,24,28,34-35,42H,19-20,22-23,41H2,1-3H3,(H,43,45)/t24-,28+,34+,35+/m1/s1. The molecule has 0 bridgehead atoms. The number of sulfonamides is 1. The third kappa shape index (κ3) is 9.03. The lowest BCUT2D eigenvalue weighted by atomic mass is 9.84. The molecule has 4 atom stereocenters. The van der Waals surface area contributed by atoms with Crippen molar-refractivity contribution in [2.45, 2.75) is 68.4 Å². The first kappa shape index (κ1) is 36.4. The third-order valence-corrected chi connectivity index (χ3v) is 10.7. The smallest absolute Gasteiger partial charge is 0.243 e. The van der Waals surface area contributed by atoms with Crippen LogP contribution in [0.4, 0.5) is 14.5 Å². The van der Waals surface area contributed by atoms with Crippen molar-refractivity contribution >= 4 is 33.2 Å². The second-order valence-corrected chi connectivity index (χ2v) is 15.1. The van der Waals surface area contributed by atoms with Crippen LogP contribution in [0.3, 0.4) is 0 Å². The molecule has 1 aliphatic heterocycles. The zero-order valence-electron chi connectivity index (χ0n) is 27.6. The number of alkyl halides is 1. The molecular formula is C37H41ClF2N4O4S. The Morgan fingerprint density at radius 2 is 1.73 bits per heavy atom. The Morgan fingerprint density at radius 3 is 2.43 bits per heavy atom. The number of halogens is 3. The van der Waals surface area contributed by atoms with Gasteiger partial charge in [-0.25, -0.2) is 12.8 Å². The van der Waals surface area contributed by atoms with Crippen molar-refractivity contribution in [2.75, 3.05) is 18.4 Å². The molecule has 5 rings (SSSR count). The summed E-state index contributed by atoms with van der Waals surface area (Å²) in [6.07, 6.45) is 0.449. The number of hydrogen-bond donors (Lipinski definition) is 3. The number of anilines is 1. The Morgan fingerprint density at radius 1 is 1.04 bits per heavy atom. The maximum absolute atomic E-state index is 15.4. The third-order valence-electron chi connectivity index (χ3n) is 8.49. The summed E-state index contributed by atoms with van der Waals surface area (Å²) in [5.74, 6) is -3.48. The van der Waals surface area contributed by atoms with Crippen LogP contribution in [0.15, 0.2) is 102 Å². The highest BCUT2D eigenvalue weighted by Crippen LogP contribution is 2.33. The SMILES string of the molecule is C[C@@H]1CN(S(=O)(=O)c2ccccc2)[C@@H](CCc2c(F)cccc2NC(=O)[C@@H](N)[C@@H](c2ccc(Cl)cc2)c2cccc(OC(C)(C)F)c2)CN1. The lowest BCUT2D eigenvalue weighted by Crippen LogP contribution is -2.57. The Labute approximate surface area is 291 Å².